The first-order valence-electron chi connectivity index (χ1n) is 6.09. The van der Waals surface area contributed by atoms with E-state index in [2.05, 4.69) is 38.6 Å². The molecule has 6 heteroatoms. The molecule has 19 heavy (non-hydrogen) atoms. The van der Waals surface area contributed by atoms with Crippen molar-refractivity contribution in [3.8, 4) is 6.01 Å². The molecule has 0 unspecified atom stereocenters. The SMILES string of the molecule is CCc1ccccc1Nc1nc(NC)nc(OC)n1. The van der Waals surface area contributed by atoms with Gasteiger partial charge in [0.15, 0.2) is 0 Å². The van der Waals surface area contributed by atoms with Gasteiger partial charge in [0.2, 0.25) is 11.9 Å². The lowest BCUT2D eigenvalue weighted by molar-refractivity contribution is 0.379. The molecule has 1 heterocycles. The van der Waals surface area contributed by atoms with Gasteiger partial charge in [-0.1, -0.05) is 25.1 Å². The van der Waals surface area contributed by atoms with Crippen molar-refractivity contribution in [1.82, 2.24) is 15.0 Å². The van der Waals surface area contributed by atoms with Crippen molar-refractivity contribution in [2.75, 3.05) is 24.8 Å². The van der Waals surface area contributed by atoms with Crippen LogP contribution in [0.25, 0.3) is 0 Å². The molecule has 0 spiro atoms. The molecule has 1 aromatic carbocycles. The average molecular weight is 259 g/mol. The first-order valence-corrected chi connectivity index (χ1v) is 6.09. The van der Waals surface area contributed by atoms with Crippen LogP contribution in [-0.2, 0) is 6.42 Å². The summed E-state index contributed by atoms with van der Waals surface area (Å²) in [6, 6.07) is 8.32. The van der Waals surface area contributed by atoms with Crippen LogP contribution in [0.1, 0.15) is 12.5 Å². The lowest BCUT2D eigenvalue weighted by Crippen LogP contribution is -2.06. The number of aryl methyl sites for hydroxylation is 1. The fourth-order valence-corrected chi connectivity index (χ4v) is 1.69. The third kappa shape index (κ3) is 3.09. The van der Waals surface area contributed by atoms with Crippen LogP contribution in [0.2, 0.25) is 0 Å². The zero-order chi connectivity index (χ0) is 13.7. The van der Waals surface area contributed by atoms with Crippen LogP contribution in [0.4, 0.5) is 17.6 Å². The van der Waals surface area contributed by atoms with Gasteiger partial charge >= 0.3 is 6.01 Å². The van der Waals surface area contributed by atoms with Gasteiger partial charge in [-0.2, -0.15) is 15.0 Å². The van der Waals surface area contributed by atoms with E-state index in [1.807, 2.05) is 18.2 Å². The van der Waals surface area contributed by atoms with Crippen molar-refractivity contribution < 1.29 is 4.74 Å². The molecule has 2 rings (SSSR count). The Morgan fingerprint density at radius 2 is 1.84 bits per heavy atom. The fourth-order valence-electron chi connectivity index (χ4n) is 1.69. The fraction of sp³-hybridized carbons (Fsp3) is 0.308. The Bertz CT molecular complexity index is 536. The van der Waals surface area contributed by atoms with E-state index in [0.29, 0.717) is 11.9 Å². The highest BCUT2D eigenvalue weighted by Crippen LogP contribution is 2.20. The van der Waals surface area contributed by atoms with Crippen LogP contribution in [0.3, 0.4) is 0 Å². The molecule has 0 radical (unpaired) electrons. The average Bonchev–Trinajstić information content (AvgIpc) is 2.47. The summed E-state index contributed by atoms with van der Waals surface area (Å²) in [7, 11) is 3.27. The molecule has 0 saturated heterocycles. The second kappa shape index (κ2) is 5.99. The lowest BCUT2D eigenvalue weighted by Gasteiger charge is -2.10. The molecule has 0 aliphatic rings. The number of anilines is 3. The topological polar surface area (TPSA) is 72.0 Å². The summed E-state index contributed by atoms with van der Waals surface area (Å²) in [5, 5.41) is 6.06. The van der Waals surface area contributed by atoms with Gasteiger partial charge in [-0.3, -0.25) is 0 Å². The quantitative estimate of drug-likeness (QED) is 0.858. The van der Waals surface area contributed by atoms with Crippen LogP contribution < -0.4 is 15.4 Å². The van der Waals surface area contributed by atoms with E-state index < -0.39 is 0 Å². The molecule has 2 aromatic rings. The van der Waals surface area contributed by atoms with E-state index in [4.69, 9.17) is 4.74 Å². The molecule has 100 valence electrons. The van der Waals surface area contributed by atoms with E-state index >= 15 is 0 Å². The first kappa shape index (κ1) is 13.1. The highest BCUT2D eigenvalue weighted by molar-refractivity contribution is 5.59. The van der Waals surface area contributed by atoms with Gasteiger partial charge in [-0.25, -0.2) is 0 Å². The standard InChI is InChI=1S/C13H17N5O/c1-4-9-7-5-6-8-10(9)15-12-16-11(14-2)17-13(18-12)19-3/h5-8H,4H2,1-3H3,(H2,14,15,16,17,18). The number of nitrogens with zero attached hydrogens (tertiary/aromatic N) is 3. The maximum atomic E-state index is 5.05. The molecule has 6 nitrogen and oxygen atoms in total. The highest BCUT2D eigenvalue weighted by atomic mass is 16.5. The van der Waals surface area contributed by atoms with Gasteiger partial charge in [-0.05, 0) is 18.1 Å². The van der Waals surface area contributed by atoms with Crippen molar-refractivity contribution in [1.29, 1.82) is 0 Å². The van der Waals surface area contributed by atoms with Gasteiger partial charge in [-0.15, -0.1) is 0 Å². The summed E-state index contributed by atoms with van der Waals surface area (Å²) in [5.74, 6) is 0.917. The molecule has 2 N–H and O–H groups in total. The zero-order valence-corrected chi connectivity index (χ0v) is 11.3. The maximum absolute atomic E-state index is 5.05. The Balaban J connectivity index is 2.32. The van der Waals surface area contributed by atoms with Gasteiger partial charge < -0.3 is 15.4 Å². The van der Waals surface area contributed by atoms with Crippen LogP contribution in [0, 0.1) is 0 Å². The van der Waals surface area contributed by atoms with Gasteiger partial charge in [0.05, 0.1) is 7.11 Å². The Kier molecular flexibility index (Phi) is 4.12. The molecule has 0 aliphatic carbocycles. The summed E-state index contributed by atoms with van der Waals surface area (Å²) in [6.45, 7) is 2.10. The highest BCUT2D eigenvalue weighted by Gasteiger charge is 2.07. The molecule has 0 atom stereocenters. The third-order valence-corrected chi connectivity index (χ3v) is 2.67. The second-order valence-corrected chi connectivity index (χ2v) is 3.86. The van der Waals surface area contributed by atoms with Crippen molar-refractivity contribution in [2.45, 2.75) is 13.3 Å². The molecule has 0 aliphatic heterocycles. The normalized spacial score (nSPS) is 10.1. The summed E-state index contributed by atoms with van der Waals surface area (Å²) in [4.78, 5) is 12.5. The molecule has 0 amide bonds. The number of hydrogen-bond donors (Lipinski definition) is 2. The van der Waals surface area contributed by atoms with E-state index in [9.17, 15) is 0 Å². The summed E-state index contributed by atoms with van der Waals surface area (Å²) >= 11 is 0. The van der Waals surface area contributed by atoms with Crippen LogP contribution in [-0.4, -0.2) is 29.1 Å². The van der Waals surface area contributed by atoms with Gasteiger partial charge in [0.25, 0.3) is 0 Å². The van der Waals surface area contributed by atoms with Crippen LogP contribution in [0.15, 0.2) is 24.3 Å². The second-order valence-electron chi connectivity index (χ2n) is 3.86. The van der Waals surface area contributed by atoms with E-state index in [1.165, 1.54) is 12.7 Å². The zero-order valence-electron chi connectivity index (χ0n) is 11.3. The Hall–Kier alpha value is -2.37. The molecule has 0 fully saturated rings. The predicted molar refractivity (Wildman–Crippen MR) is 75.0 cm³/mol. The van der Waals surface area contributed by atoms with Crippen molar-refractivity contribution >= 4 is 17.6 Å². The van der Waals surface area contributed by atoms with Crippen LogP contribution in [0.5, 0.6) is 6.01 Å². The maximum Gasteiger partial charge on any atom is 0.322 e. The number of nitrogens with one attached hydrogen (secondary N) is 2. The largest absolute Gasteiger partial charge is 0.467 e. The molecular formula is C13H17N5O. The number of hydrogen-bond acceptors (Lipinski definition) is 6. The number of benzene rings is 1. The third-order valence-electron chi connectivity index (χ3n) is 2.67. The van der Waals surface area contributed by atoms with E-state index in [1.54, 1.807) is 7.05 Å². The van der Waals surface area contributed by atoms with Crippen molar-refractivity contribution in [3.05, 3.63) is 29.8 Å². The minimum atomic E-state index is 0.274. The van der Waals surface area contributed by atoms with Gasteiger partial charge in [0.1, 0.15) is 0 Å². The van der Waals surface area contributed by atoms with Crippen molar-refractivity contribution in [3.63, 3.8) is 0 Å². The van der Waals surface area contributed by atoms with E-state index in [-0.39, 0.29) is 6.01 Å². The number of rotatable bonds is 5. The van der Waals surface area contributed by atoms with Crippen LogP contribution >= 0.6 is 0 Å². The first-order chi connectivity index (χ1) is 9.26. The lowest BCUT2D eigenvalue weighted by atomic mass is 10.1. The summed E-state index contributed by atoms with van der Waals surface area (Å²) < 4.78 is 5.05. The number of ether oxygens (including phenoxy) is 1. The predicted octanol–water partition coefficient (Wildman–Crippen LogP) is 2.23. The molecule has 0 bridgehead atoms. The molecule has 0 saturated carbocycles. The monoisotopic (exact) mass is 259 g/mol. The Labute approximate surface area is 112 Å². The summed E-state index contributed by atoms with van der Waals surface area (Å²) in [5.41, 5.74) is 2.19. The van der Waals surface area contributed by atoms with E-state index in [0.717, 1.165) is 12.1 Å². The number of aromatic nitrogens is 3. The smallest absolute Gasteiger partial charge is 0.322 e. The minimum Gasteiger partial charge on any atom is -0.467 e. The van der Waals surface area contributed by atoms with Crippen molar-refractivity contribution in [2.24, 2.45) is 0 Å². The molecule has 1 aromatic heterocycles. The van der Waals surface area contributed by atoms with Gasteiger partial charge in [0, 0.05) is 12.7 Å². The summed E-state index contributed by atoms with van der Waals surface area (Å²) in [6.07, 6.45) is 0.935. The number of para-hydroxylation sites is 1. The Morgan fingerprint density at radius 1 is 1.11 bits per heavy atom. The minimum absolute atomic E-state index is 0.274. The molecular weight excluding hydrogens is 242 g/mol. The Morgan fingerprint density at radius 3 is 2.53 bits per heavy atom. The number of methoxy groups -OCH3 is 1.